The molecule has 2 aromatic heterocycles. The van der Waals surface area contributed by atoms with Gasteiger partial charge in [-0.05, 0) is 19.9 Å². The summed E-state index contributed by atoms with van der Waals surface area (Å²) in [6.07, 6.45) is 0. The standard InChI is InChI=1S/C11H17N5/c1-7-5-8(2)16-9(11(3,4)6-12)14-15-10(16)13-7/h5H,6,12H2,1-4H3. The molecule has 0 radical (unpaired) electrons. The second-order valence-electron chi connectivity index (χ2n) is 4.79. The van der Waals surface area contributed by atoms with Crippen molar-refractivity contribution in [3.8, 4) is 0 Å². The highest BCUT2D eigenvalue weighted by Gasteiger charge is 2.26. The second-order valence-corrected chi connectivity index (χ2v) is 4.79. The van der Waals surface area contributed by atoms with Gasteiger partial charge in [0.25, 0.3) is 5.78 Å². The van der Waals surface area contributed by atoms with Crippen LogP contribution in [0.1, 0.15) is 31.1 Å². The highest BCUT2D eigenvalue weighted by Crippen LogP contribution is 2.21. The van der Waals surface area contributed by atoms with Gasteiger partial charge in [-0.25, -0.2) is 4.98 Å². The quantitative estimate of drug-likeness (QED) is 0.817. The molecule has 0 aliphatic rings. The highest BCUT2D eigenvalue weighted by atomic mass is 15.3. The Balaban J connectivity index is 2.74. The van der Waals surface area contributed by atoms with Crippen LogP contribution in [0.4, 0.5) is 0 Å². The van der Waals surface area contributed by atoms with Crippen LogP contribution in [-0.4, -0.2) is 26.1 Å². The number of nitrogens with two attached hydrogens (primary N) is 1. The molecule has 0 fully saturated rings. The van der Waals surface area contributed by atoms with Crippen LogP contribution in [0.2, 0.25) is 0 Å². The smallest absolute Gasteiger partial charge is 0.255 e. The van der Waals surface area contributed by atoms with E-state index in [4.69, 9.17) is 5.73 Å². The predicted molar refractivity (Wildman–Crippen MR) is 62.3 cm³/mol. The zero-order valence-corrected chi connectivity index (χ0v) is 10.2. The number of nitrogens with zero attached hydrogens (tertiary/aromatic N) is 4. The van der Waals surface area contributed by atoms with Crippen molar-refractivity contribution in [1.82, 2.24) is 19.6 Å². The molecular weight excluding hydrogens is 202 g/mol. The fraction of sp³-hybridized carbons (Fsp3) is 0.545. The summed E-state index contributed by atoms with van der Waals surface area (Å²) in [6.45, 7) is 8.63. The van der Waals surface area contributed by atoms with Crippen molar-refractivity contribution in [3.05, 3.63) is 23.3 Å². The minimum absolute atomic E-state index is 0.193. The van der Waals surface area contributed by atoms with Crippen molar-refractivity contribution < 1.29 is 0 Å². The van der Waals surface area contributed by atoms with E-state index in [1.54, 1.807) is 0 Å². The van der Waals surface area contributed by atoms with E-state index in [0.29, 0.717) is 12.3 Å². The molecule has 0 bridgehead atoms. The summed E-state index contributed by atoms with van der Waals surface area (Å²) < 4.78 is 1.97. The SMILES string of the molecule is Cc1cc(C)n2c(C(C)(C)CN)nnc2n1. The Morgan fingerprint density at radius 1 is 1.31 bits per heavy atom. The van der Waals surface area contributed by atoms with Gasteiger partial charge in [0.1, 0.15) is 5.82 Å². The number of rotatable bonds is 2. The van der Waals surface area contributed by atoms with E-state index in [1.165, 1.54) is 0 Å². The number of hydrogen-bond acceptors (Lipinski definition) is 4. The molecule has 0 amide bonds. The van der Waals surface area contributed by atoms with Crippen molar-refractivity contribution >= 4 is 5.78 Å². The van der Waals surface area contributed by atoms with E-state index in [1.807, 2.05) is 24.3 Å². The van der Waals surface area contributed by atoms with Crippen LogP contribution in [-0.2, 0) is 5.41 Å². The van der Waals surface area contributed by atoms with Gasteiger partial charge in [0.2, 0.25) is 0 Å². The van der Waals surface area contributed by atoms with Crippen molar-refractivity contribution in [2.24, 2.45) is 5.73 Å². The first kappa shape index (κ1) is 11.0. The molecule has 0 aliphatic heterocycles. The average Bonchev–Trinajstić information content (AvgIpc) is 2.62. The Labute approximate surface area is 94.7 Å². The molecule has 5 heteroatoms. The van der Waals surface area contributed by atoms with E-state index >= 15 is 0 Å². The largest absolute Gasteiger partial charge is 0.329 e. The van der Waals surface area contributed by atoms with E-state index in [2.05, 4.69) is 29.0 Å². The molecule has 0 unspecified atom stereocenters. The molecule has 0 aromatic carbocycles. The predicted octanol–water partition coefficient (Wildman–Crippen LogP) is 0.977. The van der Waals surface area contributed by atoms with Crippen molar-refractivity contribution in [3.63, 3.8) is 0 Å². The van der Waals surface area contributed by atoms with E-state index in [0.717, 1.165) is 17.2 Å². The van der Waals surface area contributed by atoms with Gasteiger partial charge in [-0.15, -0.1) is 10.2 Å². The third-order valence-corrected chi connectivity index (χ3v) is 2.81. The lowest BCUT2D eigenvalue weighted by Crippen LogP contribution is -2.31. The number of hydrogen-bond donors (Lipinski definition) is 1. The van der Waals surface area contributed by atoms with Crippen LogP contribution < -0.4 is 5.73 Å². The zero-order valence-electron chi connectivity index (χ0n) is 10.2. The van der Waals surface area contributed by atoms with Gasteiger partial charge in [0.05, 0.1) is 0 Å². The van der Waals surface area contributed by atoms with Crippen molar-refractivity contribution in [1.29, 1.82) is 0 Å². The van der Waals surface area contributed by atoms with Crippen LogP contribution in [0, 0.1) is 13.8 Å². The molecule has 0 atom stereocenters. The summed E-state index contributed by atoms with van der Waals surface area (Å²) in [5.41, 5.74) is 7.61. The van der Waals surface area contributed by atoms with Crippen molar-refractivity contribution in [2.45, 2.75) is 33.1 Å². The fourth-order valence-corrected chi connectivity index (χ4v) is 1.76. The number of fused-ring (bicyclic) bond motifs is 1. The van der Waals surface area contributed by atoms with Crippen molar-refractivity contribution in [2.75, 3.05) is 6.54 Å². The molecule has 2 rings (SSSR count). The third-order valence-electron chi connectivity index (χ3n) is 2.81. The lowest BCUT2D eigenvalue weighted by molar-refractivity contribution is 0.495. The molecule has 2 aromatic rings. The normalized spacial score (nSPS) is 12.3. The first-order valence-electron chi connectivity index (χ1n) is 5.35. The number of aromatic nitrogens is 4. The Morgan fingerprint density at radius 2 is 2.00 bits per heavy atom. The lowest BCUT2D eigenvalue weighted by Gasteiger charge is -2.20. The topological polar surface area (TPSA) is 69.1 Å². The first-order chi connectivity index (χ1) is 7.45. The average molecular weight is 219 g/mol. The molecule has 5 nitrogen and oxygen atoms in total. The molecule has 86 valence electrons. The van der Waals surface area contributed by atoms with Crippen LogP contribution in [0.3, 0.4) is 0 Å². The molecule has 16 heavy (non-hydrogen) atoms. The summed E-state index contributed by atoms with van der Waals surface area (Å²) in [5, 5.41) is 8.31. The minimum Gasteiger partial charge on any atom is -0.329 e. The Hall–Kier alpha value is -1.49. The van der Waals surface area contributed by atoms with Crippen LogP contribution in [0.25, 0.3) is 5.78 Å². The summed E-state index contributed by atoms with van der Waals surface area (Å²) in [7, 11) is 0. The minimum atomic E-state index is -0.193. The van der Waals surface area contributed by atoms with Gasteiger partial charge in [-0.2, -0.15) is 0 Å². The van der Waals surface area contributed by atoms with Crippen LogP contribution in [0.5, 0.6) is 0 Å². The summed E-state index contributed by atoms with van der Waals surface area (Å²) in [5.74, 6) is 1.52. The van der Waals surface area contributed by atoms with Crippen LogP contribution >= 0.6 is 0 Å². The maximum absolute atomic E-state index is 5.77. The monoisotopic (exact) mass is 219 g/mol. The van der Waals surface area contributed by atoms with Gasteiger partial charge < -0.3 is 5.73 Å². The highest BCUT2D eigenvalue weighted by molar-refractivity contribution is 5.34. The van der Waals surface area contributed by atoms with Crippen LogP contribution in [0.15, 0.2) is 6.07 Å². The summed E-state index contributed by atoms with van der Waals surface area (Å²) in [4.78, 5) is 4.35. The second kappa shape index (κ2) is 3.52. The summed E-state index contributed by atoms with van der Waals surface area (Å²) >= 11 is 0. The molecule has 2 heterocycles. The van der Waals surface area contributed by atoms with Gasteiger partial charge in [-0.1, -0.05) is 13.8 Å². The summed E-state index contributed by atoms with van der Waals surface area (Å²) in [6, 6.07) is 2.02. The lowest BCUT2D eigenvalue weighted by atomic mass is 9.93. The molecular formula is C11H17N5. The van der Waals surface area contributed by atoms with Gasteiger partial charge in [0.15, 0.2) is 0 Å². The van der Waals surface area contributed by atoms with Gasteiger partial charge in [0, 0.05) is 23.3 Å². The fourth-order valence-electron chi connectivity index (χ4n) is 1.76. The third kappa shape index (κ3) is 1.57. The molecule has 0 spiro atoms. The van der Waals surface area contributed by atoms with E-state index in [9.17, 15) is 0 Å². The Kier molecular flexibility index (Phi) is 2.42. The maximum Gasteiger partial charge on any atom is 0.255 e. The molecule has 2 N–H and O–H groups in total. The Bertz CT molecular complexity index is 526. The Morgan fingerprint density at radius 3 is 2.62 bits per heavy atom. The number of aryl methyl sites for hydroxylation is 2. The maximum atomic E-state index is 5.77. The molecule has 0 aliphatic carbocycles. The van der Waals surface area contributed by atoms with Gasteiger partial charge >= 0.3 is 0 Å². The van der Waals surface area contributed by atoms with Gasteiger partial charge in [-0.3, -0.25) is 4.40 Å². The molecule has 0 saturated carbocycles. The first-order valence-corrected chi connectivity index (χ1v) is 5.35. The van der Waals surface area contributed by atoms with E-state index in [-0.39, 0.29) is 5.41 Å². The van der Waals surface area contributed by atoms with E-state index < -0.39 is 0 Å². The zero-order chi connectivity index (χ0) is 11.9. The molecule has 0 saturated heterocycles.